The van der Waals surface area contributed by atoms with E-state index < -0.39 is 0 Å². The molecule has 102 valence electrons. The number of aromatic nitrogens is 1. The van der Waals surface area contributed by atoms with Crippen molar-refractivity contribution < 1.29 is 14.3 Å². The van der Waals surface area contributed by atoms with E-state index in [1.807, 2.05) is 6.92 Å². The van der Waals surface area contributed by atoms with Gasteiger partial charge in [-0.3, -0.25) is 0 Å². The van der Waals surface area contributed by atoms with Crippen LogP contribution in [0.4, 0.5) is 5.69 Å². The maximum atomic E-state index is 11.8. The molecule has 0 radical (unpaired) electrons. The number of aryl methyl sites for hydroxylation is 1. The van der Waals surface area contributed by atoms with Gasteiger partial charge in [0, 0.05) is 19.3 Å². The molecule has 0 fully saturated rings. The highest BCUT2D eigenvalue weighted by molar-refractivity contribution is 5.89. The van der Waals surface area contributed by atoms with Gasteiger partial charge >= 0.3 is 5.97 Å². The van der Waals surface area contributed by atoms with E-state index in [0.717, 1.165) is 0 Å². The van der Waals surface area contributed by atoms with Gasteiger partial charge in [0.2, 0.25) is 0 Å². The fourth-order valence-corrected chi connectivity index (χ4v) is 1.55. The summed E-state index contributed by atoms with van der Waals surface area (Å²) in [6.07, 6.45) is 1.73. The van der Waals surface area contributed by atoms with Gasteiger partial charge in [0.25, 0.3) is 0 Å². The van der Waals surface area contributed by atoms with Gasteiger partial charge in [0.1, 0.15) is 12.3 Å². The van der Waals surface area contributed by atoms with Crippen LogP contribution in [0.15, 0.2) is 12.3 Å². The van der Waals surface area contributed by atoms with Crippen LogP contribution >= 0.6 is 0 Å². The molecule has 5 nitrogen and oxygen atoms in total. The Bertz CT molecular complexity index is 386. The minimum Gasteiger partial charge on any atom is -0.459 e. The third-order valence-electron chi connectivity index (χ3n) is 2.38. The van der Waals surface area contributed by atoms with Crippen LogP contribution in [0.3, 0.4) is 0 Å². The molecule has 1 heterocycles. The number of carbonyl (C=O) groups is 1. The first-order chi connectivity index (χ1) is 8.54. The van der Waals surface area contributed by atoms with Crippen LogP contribution in [0.25, 0.3) is 0 Å². The Balaban J connectivity index is 2.36. The Hall–Kier alpha value is -1.49. The molecule has 1 rings (SSSR count). The highest BCUT2D eigenvalue weighted by Crippen LogP contribution is 2.11. The number of carbonyl (C=O) groups excluding carboxylic acids is 1. The molecule has 0 bridgehead atoms. The van der Waals surface area contributed by atoms with Gasteiger partial charge in [0.05, 0.1) is 12.3 Å². The molecule has 0 aliphatic carbocycles. The fraction of sp³-hybridized carbons (Fsp3) is 0.615. The number of ether oxygens (including phenoxy) is 2. The lowest BCUT2D eigenvalue weighted by Crippen LogP contribution is -2.15. The highest BCUT2D eigenvalue weighted by atomic mass is 16.6. The standard InChI is InChI=1S/C13H22N2O3/c1-4-15-8-11(14)7-12(15)13(16)18-6-5-17-9-10(2)3/h7-8,10H,4-6,9,14H2,1-3H3. The Morgan fingerprint density at radius 2 is 2.17 bits per heavy atom. The van der Waals surface area contributed by atoms with E-state index in [1.54, 1.807) is 16.8 Å². The Morgan fingerprint density at radius 3 is 2.78 bits per heavy atom. The Labute approximate surface area is 108 Å². The van der Waals surface area contributed by atoms with E-state index in [9.17, 15) is 4.79 Å². The average molecular weight is 254 g/mol. The number of nitrogen functional groups attached to an aromatic ring is 1. The van der Waals surface area contributed by atoms with Crippen molar-refractivity contribution in [1.82, 2.24) is 4.57 Å². The molecular formula is C13H22N2O3. The Morgan fingerprint density at radius 1 is 1.44 bits per heavy atom. The van der Waals surface area contributed by atoms with Crippen molar-refractivity contribution in [3.05, 3.63) is 18.0 Å². The first kappa shape index (κ1) is 14.6. The summed E-state index contributed by atoms with van der Waals surface area (Å²) in [6, 6.07) is 1.63. The van der Waals surface area contributed by atoms with Gasteiger partial charge in [-0.2, -0.15) is 0 Å². The fourth-order valence-electron chi connectivity index (χ4n) is 1.55. The van der Waals surface area contributed by atoms with Crippen LogP contribution < -0.4 is 5.73 Å². The predicted molar refractivity (Wildman–Crippen MR) is 70.5 cm³/mol. The van der Waals surface area contributed by atoms with Gasteiger partial charge in [0.15, 0.2) is 0 Å². The first-order valence-electron chi connectivity index (χ1n) is 6.25. The molecule has 0 spiro atoms. The largest absolute Gasteiger partial charge is 0.459 e. The lowest BCUT2D eigenvalue weighted by Gasteiger charge is -2.08. The number of nitrogens with two attached hydrogens (primary N) is 1. The maximum absolute atomic E-state index is 11.8. The third-order valence-corrected chi connectivity index (χ3v) is 2.38. The molecule has 0 saturated heterocycles. The van der Waals surface area contributed by atoms with Gasteiger partial charge < -0.3 is 19.8 Å². The highest BCUT2D eigenvalue weighted by Gasteiger charge is 2.13. The van der Waals surface area contributed by atoms with Crippen LogP contribution in [0.2, 0.25) is 0 Å². The number of nitrogens with zero attached hydrogens (tertiary/aromatic N) is 1. The quantitative estimate of drug-likeness (QED) is 0.596. The third kappa shape index (κ3) is 4.41. The van der Waals surface area contributed by atoms with Gasteiger partial charge in [-0.05, 0) is 18.9 Å². The number of anilines is 1. The molecule has 0 aliphatic rings. The van der Waals surface area contributed by atoms with Crippen LogP contribution in [-0.4, -0.2) is 30.4 Å². The van der Waals surface area contributed by atoms with Crippen molar-refractivity contribution in [3.63, 3.8) is 0 Å². The number of rotatable bonds is 7. The van der Waals surface area contributed by atoms with Gasteiger partial charge in [-0.1, -0.05) is 13.8 Å². The van der Waals surface area contributed by atoms with E-state index in [1.165, 1.54) is 0 Å². The van der Waals surface area contributed by atoms with Crippen molar-refractivity contribution in [3.8, 4) is 0 Å². The summed E-state index contributed by atoms with van der Waals surface area (Å²) in [6.45, 7) is 8.14. The normalized spacial score (nSPS) is 10.9. The minimum atomic E-state index is -0.360. The first-order valence-corrected chi connectivity index (χ1v) is 6.25. The van der Waals surface area contributed by atoms with Crippen molar-refractivity contribution >= 4 is 11.7 Å². The van der Waals surface area contributed by atoms with Crippen molar-refractivity contribution in [2.75, 3.05) is 25.6 Å². The van der Waals surface area contributed by atoms with Crippen molar-refractivity contribution in [1.29, 1.82) is 0 Å². The number of esters is 1. The molecule has 0 amide bonds. The van der Waals surface area contributed by atoms with E-state index in [-0.39, 0.29) is 12.6 Å². The molecule has 0 saturated carbocycles. The zero-order chi connectivity index (χ0) is 13.5. The van der Waals surface area contributed by atoms with E-state index in [2.05, 4.69) is 13.8 Å². The summed E-state index contributed by atoms with van der Waals surface area (Å²) < 4.78 is 12.2. The summed E-state index contributed by atoms with van der Waals surface area (Å²) in [4.78, 5) is 11.8. The van der Waals surface area contributed by atoms with Gasteiger partial charge in [-0.15, -0.1) is 0 Å². The van der Waals surface area contributed by atoms with E-state index in [0.29, 0.717) is 37.1 Å². The Kier molecular flexibility index (Phi) is 5.71. The maximum Gasteiger partial charge on any atom is 0.355 e. The second-order valence-corrected chi connectivity index (χ2v) is 4.55. The molecular weight excluding hydrogens is 232 g/mol. The van der Waals surface area contributed by atoms with E-state index in [4.69, 9.17) is 15.2 Å². The molecule has 5 heteroatoms. The molecule has 0 aromatic carbocycles. The molecule has 2 N–H and O–H groups in total. The minimum absolute atomic E-state index is 0.264. The predicted octanol–water partition coefficient (Wildman–Crippen LogP) is 1.92. The van der Waals surface area contributed by atoms with Crippen molar-refractivity contribution in [2.45, 2.75) is 27.3 Å². The summed E-state index contributed by atoms with van der Waals surface area (Å²) in [5.41, 5.74) is 6.70. The van der Waals surface area contributed by atoms with Gasteiger partial charge in [-0.25, -0.2) is 4.79 Å². The van der Waals surface area contributed by atoms with Crippen LogP contribution in [0.5, 0.6) is 0 Å². The monoisotopic (exact) mass is 254 g/mol. The topological polar surface area (TPSA) is 66.5 Å². The average Bonchev–Trinajstić information content (AvgIpc) is 2.69. The molecule has 1 aromatic rings. The molecule has 0 atom stereocenters. The number of hydrogen-bond acceptors (Lipinski definition) is 4. The SMILES string of the molecule is CCn1cc(N)cc1C(=O)OCCOCC(C)C. The second-order valence-electron chi connectivity index (χ2n) is 4.55. The zero-order valence-corrected chi connectivity index (χ0v) is 11.3. The molecule has 0 unspecified atom stereocenters. The van der Waals surface area contributed by atoms with Crippen LogP contribution in [-0.2, 0) is 16.0 Å². The lowest BCUT2D eigenvalue weighted by molar-refractivity contribution is 0.0268. The smallest absolute Gasteiger partial charge is 0.355 e. The summed E-state index contributed by atoms with van der Waals surface area (Å²) >= 11 is 0. The van der Waals surface area contributed by atoms with E-state index >= 15 is 0 Å². The second kappa shape index (κ2) is 7.06. The number of hydrogen-bond donors (Lipinski definition) is 1. The lowest BCUT2D eigenvalue weighted by atomic mass is 10.2. The summed E-state index contributed by atoms with van der Waals surface area (Å²) in [5.74, 6) is 0.125. The van der Waals surface area contributed by atoms with Crippen LogP contribution in [0, 0.1) is 5.92 Å². The van der Waals surface area contributed by atoms with Crippen molar-refractivity contribution in [2.24, 2.45) is 5.92 Å². The summed E-state index contributed by atoms with van der Waals surface area (Å²) in [5, 5.41) is 0. The van der Waals surface area contributed by atoms with Crippen LogP contribution in [0.1, 0.15) is 31.3 Å². The molecule has 1 aromatic heterocycles. The molecule has 0 aliphatic heterocycles. The summed E-state index contributed by atoms with van der Waals surface area (Å²) in [7, 11) is 0. The zero-order valence-electron chi connectivity index (χ0n) is 11.3. The molecule has 18 heavy (non-hydrogen) atoms.